The Bertz CT molecular complexity index is 290. The van der Waals surface area contributed by atoms with Crippen molar-refractivity contribution in [3.05, 3.63) is 12.2 Å². The molecule has 0 spiro atoms. The lowest BCUT2D eigenvalue weighted by molar-refractivity contribution is -0.163. The van der Waals surface area contributed by atoms with Crippen LogP contribution in [0, 0.1) is 0 Å². The lowest BCUT2D eigenvalue weighted by Crippen LogP contribution is -2.41. The Kier molecular flexibility index (Phi) is 5.82. The van der Waals surface area contributed by atoms with Crippen molar-refractivity contribution >= 4 is 5.97 Å². The quantitative estimate of drug-likeness (QED) is 0.541. The Hall–Kier alpha value is -0.870. The van der Waals surface area contributed by atoms with Crippen molar-refractivity contribution in [2.45, 2.75) is 50.7 Å². The molecule has 0 saturated heterocycles. The monoisotopic (exact) mass is 256 g/mol. The van der Waals surface area contributed by atoms with Gasteiger partial charge in [0.15, 0.2) is 0 Å². The molecule has 1 aliphatic rings. The predicted octanol–water partition coefficient (Wildman–Crippen LogP) is 2.47. The van der Waals surface area contributed by atoms with Crippen molar-refractivity contribution in [2.24, 2.45) is 0 Å². The second-order valence-electron chi connectivity index (χ2n) is 5.03. The second kappa shape index (κ2) is 6.90. The summed E-state index contributed by atoms with van der Waals surface area (Å²) in [6.45, 7) is 5.90. The Morgan fingerprint density at radius 1 is 1.33 bits per heavy atom. The summed E-state index contributed by atoms with van der Waals surface area (Å²) >= 11 is 0. The first-order valence-corrected chi connectivity index (χ1v) is 6.43. The van der Waals surface area contributed by atoms with Gasteiger partial charge in [-0.25, -0.2) is 4.79 Å². The summed E-state index contributed by atoms with van der Waals surface area (Å²) in [7, 11) is 3.39. The van der Waals surface area contributed by atoms with Gasteiger partial charge in [-0.3, -0.25) is 0 Å². The van der Waals surface area contributed by atoms with Crippen LogP contribution in [0.1, 0.15) is 39.0 Å². The van der Waals surface area contributed by atoms with Gasteiger partial charge in [0.25, 0.3) is 0 Å². The maximum absolute atomic E-state index is 11.7. The fourth-order valence-corrected chi connectivity index (χ4v) is 2.33. The highest BCUT2D eigenvalue weighted by atomic mass is 16.6. The van der Waals surface area contributed by atoms with Crippen LogP contribution in [-0.4, -0.2) is 38.5 Å². The molecule has 1 saturated carbocycles. The van der Waals surface area contributed by atoms with E-state index in [2.05, 4.69) is 6.58 Å². The normalized spacial score (nSPS) is 27.8. The average molecular weight is 256 g/mol. The molecule has 0 unspecified atom stereocenters. The van der Waals surface area contributed by atoms with Crippen LogP contribution in [0.5, 0.6) is 0 Å². The maximum Gasteiger partial charge on any atom is 0.333 e. The third kappa shape index (κ3) is 4.10. The molecule has 0 aromatic heterocycles. The Labute approximate surface area is 109 Å². The molecule has 1 rings (SSSR count). The van der Waals surface area contributed by atoms with Crippen LogP contribution in [0.15, 0.2) is 12.2 Å². The van der Waals surface area contributed by atoms with Gasteiger partial charge in [0.05, 0.1) is 6.10 Å². The van der Waals surface area contributed by atoms with E-state index in [1.807, 2.05) is 0 Å². The van der Waals surface area contributed by atoms with Gasteiger partial charge in [-0.1, -0.05) is 6.58 Å². The number of ether oxygens (including phenoxy) is 3. The lowest BCUT2D eigenvalue weighted by atomic mass is 9.81. The molecule has 104 valence electrons. The molecule has 4 nitrogen and oxygen atoms in total. The first-order valence-electron chi connectivity index (χ1n) is 6.43. The first-order chi connectivity index (χ1) is 8.53. The number of rotatable bonds is 6. The molecule has 4 heteroatoms. The largest absolute Gasteiger partial charge is 0.456 e. The molecule has 0 bridgehead atoms. The predicted molar refractivity (Wildman–Crippen MR) is 69.4 cm³/mol. The van der Waals surface area contributed by atoms with Gasteiger partial charge >= 0.3 is 5.97 Å². The molecule has 1 aliphatic carbocycles. The Balaban J connectivity index is 2.65. The van der Waals surface area contributed by atoms with Crippen molar-refractivity contribution in [1.82, 2.24) is 0 Å². The van der Waals surface area contributed by atoms with E-state index in [9.17, 15) is 4.79 Å². The lowest BCUT2D eigenvalue weighted by Gasteiger charge is -2.39. The van der Waals surface area contributed by atoms with E-state index < -0.39 is 5.60 Å². The zero-order valence-electron chi connectivity index (χ0n) is 11.7. The number of methoxy groups -OCH3 is 2. The number of carbonyl (C=O) groups is 1. The van der Waals surface area contributed by atoms with Crippen LogP contribution in [0.2, 0.25) is 0 Å². The summed E-state index contributed by atoms with van der Waals surface area (Å²) in [5, 5.41) is 0. The van der Waals surface area contributed by atoms with E-state index in [1.165, 1.54) is 0 Å². The van der Waals surface area contributed by atoms with Gasteiger partial charge in [-0.05, 0) is 32.6 Å². The molecule has 0 aromatic rings. The Morgan fingerprint density at radius 3 is 2.39 bits per heavy atom. The summed E-state index contributed by atoms with van der Waals surface area (Å²) in [6, 6.07) is 0. The minimum atomic E-state index is -0.402. The van der Waals surface area contributed by atoms with Crippen LogP contribution in [0.4, 0.5) is 0 Å². The van der Waals surface area contributed by atoms with Crippen molar-refractivity contribution < 1.29 is 19.0 Å². The van der Waals surface area contributed by atoms with Gasteiger partial charge < -0.3 is 14.2 Å². The molecule has 0 aromatic carbocycles. The fourth-order valence-electron chi connectivity index (χ4n) is 2.33. The molecule has 1 fully saturated rings. The maximum atomic E-state index is 11.7. The standard InChI is InChI=1S/C14H24O4/c1-11(2)13(15)18-14(9-10-16-3)7-5-12(17-4)6-8-14/h12H,1,5-10H2,2-4H3. The first kappa shape index (κ1) is 15.2. The minimum absolute atomic E-state index is 0.282. The van der Waals surface area contributed by atoms with Crippen molar-refractivity contribution in [3.63, 3.8) is 0 Å². The molecular weight excluding hydrogens is 232 g/mol. The number of hydrogen-bond donors (Lipinski definition) is 0. The van der Waals surface area contributed by atoms with Crippen LogP contribution in [0.25, 0.3) is 0 Å². The molecule has 18 heavy (non-hydrogen) atoms. The van der Waals surface area contributed by atoms with Crippen LogP contribution < -0.4 is 0 Å². The third-order valence-electron chi connectivity index (χ3n) is 3.60. The number of hydrogen-bond acceptors (Lipinski definition) is 4. The summed E-state index contributed by atoms with van der Waals surface area (Å²) in [4.78, 5) is 11.7. The SMILES string of the molecule is C=C(C)C(=O)OC1(CCOC)CCC(OC)CC1. The summed E-state index contributed by atoms with van der Waals surface area (Å²) in [5.74, 6) is -0.304. The van der Waals surface area contributed by atoms with Gasteiger partial charge in [-0.15, -0.1) is 0 Å². The smallest absolute Gasteiger partial charge is 0.333 e. The third-order valence-corrected chi connectivity index (χ3v) is 3.60. The van der Waals surface area contributed by atoms with Gasteiger partial charge in [0.2, 0.25) is 0 Å². The zero-order chi connectivity index (χ0) is 13.6. The minimum Gasteiger partial charge on any atom is -0.456 e. The number of carbonyl (C=O) groups excluding carboxylic acids is 1. The average Bonchev–Trinajstić information content (AvgIpc) is 2.37. The summed E-state index contributed by atoms with van der Waals surface area (Å²) in [5.41, 5.74) is 0.0433. The van der Waals surface area contributed by atoms with Crippen molar-refractivity contribution in [1.29, 1.82) is 0 Å². The summed E-state index contributed by atoms with van der Waals surface area (Å²) < 4.78 is 16.1. The second-order valence-corrected chi connectivity index (χ2v) is 5.03. The van der Waals surface area contributed by atoms with Gasteiger partial charge in [0, 0.05) is 32.8 Å². The topological polar surface area (TPSA) is 44.8 Å². The highest BCUT2D eigenvalue weighted by Gasteiger charge is 2.38. The Morgan fingerprint density at radius 2 is 1.94 bits per heavy atom. The van der Waals surface area contributed by atoms with E-state index in [1.54, 1.807) is 21.1 Å². The molecule has 0 atom stereocenters. The molecule has 0 radical (unpaired) electrons. The van der Waals surface area contributed by atoms with Crippen LogP contribution in [-0.2, 0) is 19.0 Å². The van der Waals surface area contributed by atoms with Crippen molar-refractivity contribution in [2.75, 3.05) is 20.8 Å². The van der Waals surface area contributed by atoms with E-state index in [0.29, 0.717) is 12.2 Å². The van der Waals surface area contributed by atoms with E-state index in [4.69, 9.17) is 14.2 Å². The number of esters is 1. The van der Waals surface area contributed by atoms with E-state index in [0.717, 1.165) is 32.1 Å². The van der Waals surface area contributed by atoms with Crippen molar-refractivity contribution in [3.8, 4) is 0 Å². The van der Waals surface area contributed by atoms with Crippen LogP contribution >= 0.6 is 0 Å². The van der Waals surface area contributed by atoms with E-state index >= 15 is 0 Å². The fraction of sp³-hybridized carbons (Fsp3) is 0.786. The molecule has 0 N–H and O–H groups in total. The molecular formula is C14H24O4. The zero-order valence-corrected chi connectivity index (χ0v) is 11.7. The highest BCUT2D eigenvalue weighted by Crippen LogP contribution is 2.36. The summed E-state index contributed by atoms with van der Waals surface area (Å²) in [6.07, 6.45) is 4.51. The molecule has 0 amide bonds. The van der Waals surface area contributed by atoms with Crippen LogP contribution in [0.3, 0.4) is 0 Å². The highest BCUT2D eigenvalue weighted by molar-refractivity contribution is 5.87. The molecule has 0 heterocycles. The van der Waals surface area contributed by atoms with E-state index in [-0.39, 0.29) is 12.1 Å². The molecule has 0 aliphatic heterocycles. The van der Waals surface area contributed by atoms with Gasteiger partial charge in [-0.2, -0.15) is 0 Å². The van der Waals surface area contributed by atoms with Gasteiger partial charge in [0.1, 0.15) is 5.60 Å².